The molecule has 6 heteroatoms. The van der Waals surface area contributed by atoms with Crippen LogP contribution in [0, 0.1) is 0 Å². The van der Waals surface area contributed by atoms with Gasteiger partial charge < -0.3 is 10.5 Å². The van der Waals surface area contributed by atoms with Crippen molar-refractivity contribution in [2.24, 2.45) is 5.16 Å². The van der Waals surface area contributed by atoms with Crippen LogP contribution in [-0.4, -0.2) is 28.3 Å². The molecular formula is C18H18ClN3O2. The average molecular weight is 344 g/mol. The van der Waals surface area contributed by atoms with Crippen molar-refractivity contribution in [3.63, 3.8) is 0 Å². The molecule has 2 heterocycles. The van der Waals surface area contributed by atoms with E-state index in [4.69, 9.17) is 0 Å². The molecule has 5 nitrogen and oxygen atoms in total. The van der Waals surface area contributed by atoms with E-state index >= 15 is 0 Å². The van der Waals surface area contributed by atoms with E-state index in [1.54, 1.807) is 0 Å². The number of carbonyl (C=O) groups excluding carboxylic acids is 1. The number of fused-ring (bicyclic) bond motifs is 3. The van der Waals surface area contributed by atoms with Crippen molar-refractivity contribution in [1.29, 1.82) is 0 Å². The lowest BCUT2D eigenvalue weighted by atomic mass is 9.92. The molecule has 0 bridgehead atoms. The Bertz CT molecular complexity index is 834. The smallest absolute Gasteiger partial charge is 0.278 e. The zero-order chi connectivity index (χ0) is 16.0. The van der Waals surface area contributed by atoms with Gasteiger partial charge in [-0.15, -0.1) is 12.4 Å². The number of oxime groups is 1. The standard InChI is InChI=1S/C18H17N3O2.ClH/c1-2-21-9-14-12(11-6-4-3-5-7-11)8-13-16(15(14)10-21)19-18(22)17(13)20-23;/h3-8,23H,2,9-10H2,1H3,(H,19,20,22);1H. The zero-order valence-corrected chi connectivity index (χ0v) is 14.1. The molecule has 1 amide bonds. The maximum Gasteiger partial charge on any atom is 0.278 e. The van der Waals surface area contributed by atoms with Gasteiger partial charge in [-0.1, -0.05) is 42.4 Å². The lowest BCUT2D eigenvalue weighted by Gasteiger charge is -2.12. The van der Waals surface area contributed by atoms with Gasteiger partial charge in [-0.05, 0) is 34.9 Å². The summed E-state index contributed by atoms with van der Waals surface area (Å²) in [6.07, 6.45) is 0. The maximum absolute atomic E-state index is 12.0. The second kappa shape index (κ2) is 6.26. The number of amides is 1. The lowest BCUT2D eigenvalue weighted by molar-refractivity contribution is -0.110. The second-order valence-electron chi connectivity index (χ2n) is 5.88. The van der Waals surface area contributed by atoms with Crippen LogP contribution in [0.4, 0.5) is 5.69 Å². The Labute approximate surface area is 146 Å². The highest BCUT2D eigenvalue weighted by molar-refractivity contribution is 6.54. The SMILES string of the molecule is CCN1Cc2c(-c3ccccc3)cc3c(c2C1)NC(=O)C3=NO.Cl. The molecular weight excluding hydrogens is 326 g/mol. The van der Waals surface area contributed by atoms with Crippen LogP contribution in [0.5, 0.6) is 0 Å². The number of nitrogens with zero attached hydrogens (tertiary/aromatic N) is 2. The van der Waals surface area contributed by atoms with Crippen LogP contribution in [0.15, 0.2) is 41.6 Å². The third-order valence-electron chi connectivity index (χ3n) is 4.65. The van der Waals surface area contributed by atoms with Gasteiger partial charge in [-0.25, -0.2) is 0 Å². The predicted octanol–water partition coefficient (Wildman–Crippen LogP) is 3.24. The number of hydrogen-bond acceptors (Lipinski definition) is 4. The number of carbonyl (C=O) groups is 1. The minimum atomic E-state index is -0.343. The maximum atomic E-state index is 12.0. The van der Waals surface area contributed by atoms with E-state index in [0.717, 1.165) is 42.0 Å². The van der Waals surface area contributed by atoms with E-state index in [0.29, 0.717) is 5.56 Å². The Morgan fingerprint density at radius 3 is 2.54 bits per heavy atom. The normalized spacial score (nSPS) is 17.4. The third-order valence-corrected chi connectivity index (χ3v) is 4.65. The Hall–Kier alpha value is -2.37. The molecule has 0 saturated carbocycles. The highest BCUT2D eigenvalue weighted by Crippen LogP contribution is 2.41. The van der Waals surface area contributed by atoms with E-state index in [9.17, 15) is 10.0 Å². The van der Waals surface area contributed by atoms with Gasteiger partial charge in [-0.2, -0.15) is 0 Å². The molecule has 4 rings (SSSR count). The van der Waals surface area contributed by atoms with Gasteiger partial charge in [-0.3, -0.25) is 9.69 Å². The van der Waals surface area contributed by atoms with Gasteiger partial charge in [0, 0.05) is 18.7 Å². The molecule has 0 saturated heterocycles. The summed E-state index contributed by atoms with van der Waals surface area (Å²) >= 11 is 0. The number of rotatable bonds is 2. The van der Waals surface area contributed by atoms with Crippen LogP contribution in [0.25, 0.3) is 11.1 Å². The molecule has 2 aliphatic rings. The van der Waals surface area contributed by atoms with E-state index in [2.05, 4.69) is 34.4 Å². The van der Waals surface area contributed by atoms with Crippen LogP contribution >= 0.6 is 12.4 Å². The first kappa shape index (κ1) is 16.5. The molecule has 2 aromatic carbocycles. The van der Waals surface area contributed by atoms with Crippen LogP contribution in [0.1, 0.15) is 23.6 Å². The summed E-state index contributed by atoms with van der Waals surface area (Å²) in [6, 6.07) is 12.1. The fourth-order valence-electron chi connectivity index (χ4n) is 3.46. The van der Waals surface area contributed by atoms with E-state index in [1.807, 2.05) is 24.3 Å². The molecule has 0 fully saturated rings. The number of halogens is 1. The van der Waals surface area contributed by atoms with Gasteiger partial charge in [0.05, 0.1) is 5.69 Å². The molecule has 0 unspecified atom stereocenters. The molecule has 2 aliphatic heterocycles. The highest BCUT2D eigenvalue weighted by atomic mass is 35.5. The number of nitrogens with one attached hydrogen (secondary N) is 1. The van der Waals surface area contributed by atoms with Crippen molar-refractivity contribution in [2.75, 3.05) is 11.9 Å². The topological polar surface area (TPSA) is 64.9 Å². The fraction of sp³-hybridized carbons (Fsp3) is 0.222. The van der Waals surface area contributed by atoms with Crippen LogP contribution in [0.2, 0.25) is 0 Å². The number of hydrogen-bond donors (Lipinski definition) is 2. The number of anilines is 1. The van der Waals surface area contributed by atoms with E-state index < -0.39 is 0 Å². The molecule has 0 radical (unpaired) electrons. The minimum Gasteiger partial charge on any atom is -0.410 e. The molecule has 124 valence electrons. The second-order valence-corrected chi connectivity index (χ2v) is 5.88. The summed E-state index contributed by atoms with van der Waals surface area (Å²) in [5.41, 5.74) is 6.18. The predicted molar refractivity (Wildman–Crippen MR) is 95.9 cm³/mol. The van der Waals surface area contributed by atoms with Crippen molar-refractivity contribution in [3.05, 3.63) is 53.1 Å². The van der Waals surface area contributed by atoms with Crippen molar-refractivity contribution in [3.8, 4) is 11.1 Å². The largest absolute Gasteiger partial charge is 0.410 e. The van der Waals surface area contributed by atoms with Gasteiger partial charge in [0.1, 0.15) is 0 Å². The van der Waals surface area contributed by atoms with Gasteiger partial charge >= 0.3 is 0 Å². The summed E-state index contributed by atoms with van der Waals surface area (Å²) in [5.74, 6) is -0.343. The molecule has 0 spiro atoms. The zero-order valence-electron chi connectivity index (χ0n) is 13.2. The summed E-state index contributed by atoms with van der Waals surface area (Å²) < 4.78 is 0. The lowest BCUT2D eigenvalue weighted by Crippen LogP contribution is -2.16. The van der Waals surface area contributed by atoms with Crippen LogP contribution in [0.3, 0.4) is 0 Å². The van der Waals surface area contributed by atoms with Crippen molar-refractivity contribution in [1.82, 2.24) is 4.90 Å². The minimum absolute atomic E-state index is 0. The van der Waals surface area contributed by atoms with Crippen LogP contribution < -0.4 is 5.32 Å². The van der Waals surface area contributed by atoms with Crippen LogP contribution in [-0.2, 0) is 17.9 Å². The Balaban J connectivity index is 0.00000169. The first-order chi connectivity index (χ1) is 11.2. The summed E-state index contributed by atoms with van der Waals surface area (Å²) in [4.78, 5) is 14.4. The first-order valence-corrected chi connectivity index (χ1v) is 7.73. The van der Waals surface area contributed by atoms with Crippen molar-refractivity contribution >= 4 is 29.7 Å². The van der Waals surface area contributed by atoms with Gasteiger partial charge in [0.2, 0.25) is 0 Å². The summed E-state index contributed by atoms with van der Waals surface area (Å²) in [7, 11) is 0. The van der Waals surface area contributed by atoms with Crippen molar-refractivity contribution in [2.45, 2.75) is 20.0 Å². The van der Waals surface area contributed by atoms with Crippen molar-refractivity contribution < 1.29 is 10.0 Å². The molecule has 0 atom stereocenters. The highest BCUT2D eigenvalue weighted by Gasteiger charge is 2.34. The molecule has 24 heavy (non-hydrogen) atoms. The first-order valence-electron chi connectivity index (χ1n) is 7.73. The summed E-state index contributed by atoms with van der Waals surface area (Å²) in [6.45, 7) is 4.75. The Morgan fingerprint density at radius 2 is 1.88 bits per heavy atom. The fourth-order valence-corrected chi connectivity index (χ4v) is 3.46. The van der Waals surface area contributed by atoms with Gasteiger partial charge in [0.25, 0.3) is 5.91 Å². The Morgan fingerprint density at radius 1 is 1.17 bits per heavy atom. The molecule has 2 N–H and O–H groups in total. The quantitative estimate of drug-likeness (QED) is 0.650. The summed E-state index contributed by atoms with van der Waals surface area (Å²) in [5, 5.41) is 15.3. The Kier molecular flexibility index (Phi) is 4.30. The van der Waals surface area contributed by atoms with E-state index in [-0.39, 0.29) is 24.0 Å². The third kappa shape index (κ3) is 2.37. The molecule has 0 aromatic heterocycles. The average Bonchev–Trinajstić information content (AvgIpc) is 3.14. The monoisotopic (exact) mass is 343 g/mol. The number of benzene rings is 2. The van der Waals surface area contributed by atoms with Gasteiger partial charge in [0.15, 0.2) is 5.71 Å². The van der Waals surface area contributed by atoms with E-state index in [1.165, 1.54) is 5.56 Å². The molecule has 0 aliphatic carbocycles. The molecule has 2 aromatic rings.